The van der Waals surface area contributed by atoms with Gasteiger partial charge in [0, 0.05) is 12.6 Å². The zero-order chi connectivity index (χ0) is 11.4. The molecule has 1 fully saturated rings. The third-order valence-electron chi connectivity index (χ3n) is 3.15. The lowest BCUT2D eigenvalue weighted by Crippen LogP contribution is -2.16. The van der Waals surface area contributed by atoms with Crippen molar-refractivity contribution in [3.63, 3.8) is 0 Å². The normalized spacial score (nSPS) is 24.6. The van der Waals surface area contributed by atoms with Gasteiger partial charge in [0.05, 0.1) is 6.61 Å². The van der Waals surface area contributed by atoms with Crippen LogP contribution in [-0.4, -0.2) is 19.2 Å². The molecule has 16 heavy (non-hydrogen) atoms. The summed E-state index contributed by atoms with van der Waals surface area (Å²) in [6.45, 7) is 6.28. The van der Waals surface area contributed by atoms with Crippen LogP contribution in [0.1, 0.15) is 38.2 Å². The van der Waals surface area contributed by atoms with Crippen LogP contribution < -0.4 is 10.1 Å². The maximum absolute atomic E-state index is 5.66. The van der Waals surface area contributed by atoms with E-state index in [1.807, 2.05) is 6.07 Å². The fourth-order valence-electron chi connectivity index (χ4n) is 2.27. The van der Waals surface area contributed by atoms with Gasteiger partial charge in [0.15, 0.2) is 0 Å². The molecule has 2 atom stereocenters. The summed E-state index contributed by atoms with van der Waals surface area (Å²) in [4.78, 5) is 0. The molecule has 2 nitrogen and oxygen atoms in total. The number of hydrogen-bond acceptors (Lipinski definition) is 2. The van der Waals surface area contributed by atoms with Crippen molar-refractivity contribution in [1.82, 2.24) is 5.32 Å². The van der Waals surface area contributed by atoms with Crippen LogP contribution in [0, 0.1) is 0 Å². The van der Waals surface area contributed by atoms with Gasteiger partial charge in [-0.05, 0) is 43.4 Å². The fourth-order valence-corrected chi connectivity index (χ4v) is 2.27. The second-order valence-corrected chi connectivity index (χ2v) is 4.66. The highest BCUT2D eigenvalue weighted by atomic mass is 16.5. The SMILES string of the molecule is CCCOc1cccc(C2CNC(C)C2)c1. The lowest BCUT2D eigenvalue weighted by atomic mass is 9.96. The molecule has 88 valence electrons. The van der Waals surface area contributed by atoms with Crippen LogP contribution in [-0.2, 0) is 0 Å². The van der Waals surface area contributed by atoms with Crippen molar-refractivity contribution in [3.8, 4) is 5.75 Å². The molecule has 2 unspecified atom stereocenters. The van der Waals surface area contributed by atoms with Gasteiger partial charge in [-0.15, -0.1) is 0 Å². The van der Waals surface area contributed by atoms with Gasteiger partial charge < -0.3 is 10.1 Å². The molecule has 0 bridgehead atoms. The first-order valence-corrected chi connectivity index (χ1v) is 6.25. The van der Waals surface area contributed by atoms with E-state index < -0.39 is 0 Å². The van der Waals surface area contributed by atoms with Crippen LogP contribution in [0.3, 0.4) is 0 Å². The molecule has 2 rings (SSSR count). The monoisotopic (exact) mass is 219 g/mol. The maximum atomic E-state index is 5.66. The summed E-state index contributed by atoms with van der Waals surface area (Å²) in [6.07, 6.45) is 2.30. The molecule has 1 aliphatic rings. The van der Waals surface area contributed by atoms with E-state index in [1.165, 1.54) is 12.0 Å². The molecule has 1 N–H and O–H groups in total. The average Bonchev–Trinajstić information content (AvgIpc) is 2.74. The van der Waals surface area contributed by atoms with Gasteiger partial charge in [0.1, 0.15) is 5.75 Å². The molecule has 0 aromatic heterocycles. The summed E-state index contributed by atoms with van der Waals surface area (Å²) in [6, 6.07) is 9.20. The van der Waals surface area contributed by atoms with Crippen LogP contribution in [0.15, 0.2) is 24.3 Å². The van der Waals surface area contributed by atoms with Gasteiger partial charge in [-0.25, -0.2) is 0 Å². The van der Waals surface area contributed by atoms with Crippen LogP contribution >= 0.6 is 0 Å². The molecule has 0 spiro atoms. The largest absolute Gasteiger partial charge is 0.494 e. The molecular weight excluding hydrogens is 198 g/mol. The minimum Gasteiger partial charge on any atom is -0.494 e. The molecule has 1 aliphatic heterocycles. The summed E-state index contributed by atoms with van der Waals surface area (Å²) < 4.78 is 5.66. The van der Waals surface area contributed by atoms with Crippen molar-refractivity contribution in [2.75, 3.05) is 13.2 Å². The summed E-state index contributed by atoms with van der Waals surface area (Å²) >= 11 is 0. The molecule has 1 aromatic carbocycles. The van der Waals surface area contributed by atoms with Crippen LogP contribution in [0.4, 0.5) is 0 Å². The lowest BCUT2D eigenvalue weighted by molar-refractivity contribution is 0.317. The van der Waals surface area contributed by atoms with E-state index in [0.29, 0.717) is 12.0 Å². The van der Waals surface area contributed by atoms with Crippen molar-refractivity contribution in [1.29, 1.82) is 0 Å². The first kappa shape index (κ1) is 11.5. The number of rotatable bonds is 4. The Balaban J connectivity index is 2.04. The Morgan fingerprint density at radius 2 is 2.31 bits per heavy atom. The third-order valence-corrected chi connectivity index (χ3v) is 3.15. The topological polar surface area (TPSA) is 21.3 Å². The van der Waals surface area contributed by atoms with E-state index >= 15 is 0 Å². The molecule has 0 aliphatic carbocycles. The van der Waals surface area contributed by atoms with Crippen LogP contribution in [0.5, 0.6) is 5.75 Å². The number of hydrogen-bond donors (Lipinski definition) is 1. The van der Waals surface area contributed by atoms with Gasteiger partial charge in [-0.1, -0.05) is 19.1 Å². The van der Waals surface area contributed by atoms with Crippen molar-refractivity contribution in [2.45, 2.75) is 38.6 Å². The van der Waals surface area contributed by atoms with Crippen molar-refractivity contribution in [3.05, 3.63) is 29.8 Å². The summed E-state index contributed by atoms with van der Waals surface area (Å²) in [7, 11) is 0. The molecule has 2 heteroatoms. The molecular formula is C14H21NO. The Hall–Kier alpha value is -1.02. The van der Waals surface area contributed by atoms with Crippen molar-refractivity contribution in [2.24, 2.45) is 0 Å². The van der Waals surface area contributed by atoms with E-state index in [2.05, 4.69) is 37.4 Å². The number of benzene rings is 1. The maximum Gasteiger partial charge on any atom is 0.119 e. The van der Waals surface area contributed by atoms with E-state index in [9.17, 15) is 0 Å². The Morgan fingerprint density at radius 3 is 3.00 bits per heavy atom. The van der Waals surface area contributed by atoms with Gasteiger partial charge in [0.2, 0.25) is 0 Å². The van der Waals surface area contributed by atoms with Gasteiger partial charge in [-0.3, -0.25) is 0 Å². The Bertz CT molecular complexity index is 337. The Labute approximate surface area is 98.0 Å². The average molecular weight is 219 g/mol. The molecule has 1 heterocycles. The third kappa shape index (κ3) is 2.76. The molecule has 0 amide bonds. The minimum atomic E-state index is 0.644. The fraction of sp³-hybridized carbons (Fsp3) is 0.571. The van der Waals surface area contributed by atoms with E-state index in [1.54, 1.807) is 0 Å². The predicted molar refractivity (Wildman–Crippen MR) is 67.1 cm³/mol. The summed E-state index contributed by atoms with van der Waals surface area (Å²) in [5, 5.41) is 3.49. The Kier molecular flexibility index (Phi) is 3.83. The second-order valence-electron chi connectivity index (χ2n) is 4.66. The number of ether oxygens (including phenoxy) is 1. The van der Waals surface area contributed by atoms with Crippen molar-refractivity contribution >= 4 is 0 Å². The smallest absolute Gasteiger partial charge is 0.119 e. The lowest BCUT2D eigenvalue weighted by Gasteiger charge is -2.11. The van der Waals surface area contributed by atoms with E-state index in [4.69, 9.17) is 4.74 Å². The Morgan fingerprint density at radius 1 is 1.44 bits per heavy atom. The molecule has 0 saturated carbocycles. The highest BCUT2D eigenvalue weighted by Gasteiger charge is 2.22. The van der Waals surface area contributed by atoms with Crippen LogP contribution in [0.2, 0.25) is 0 Å². The number of nitrogens with one attached hydrogen (secondary N) is 1. The predicted octanol–water partition coefficient (Wildman–Crippen LogP) is 2.94. The molecule has 1 saturated heterocycles. The van der Waals surface area contributed by atoms with Gasteiger partial charge in [0.25, 0.3) is 0 Å². The highest BCUT2D eigenvalue weighted by Crippen LogP contribution is 2.27. The molecule has 0 radical (unpaired) electrons. The first-order valence-electron chi connectivity index (χ1n) is 6.25. The van der Waals surface area contributed by atoms with E-state index in [-0.39, 0.29) is 0 Å². The van der Waals surface area contributed by atoms with Crippen LogP contribution in [0.25, 0.3) is 0 Å². The second kappa shape index (κ2) is 5.35. The first-order chi connectivity index (χ1) is 7.79. The minimum absolute atomic E-state index is 0.644. The quantitative estimate of drug-likeness (QED) is 0.840. The standard InChI is InChI=1S/C14H21NO/c1-3-7-16-14-6-4-5-12(9-14)13-8-11(2)15-10-13/h4-6,9,11,13,15H,3,7-8,10H2,1-2H3. The highest BCUT2D eigenvalue weighted by molar-refractivity contribution is 5.31. The zero-order valence-electron chi connectivity index (χ0n) is 10.2. The van der Waals surface area contributed by atoms with E-state index in [0.717, 1.165) is 25.3 Å². The summed E-state index contributed by atoms with van der Waals surface area (Å²) in [5.41, 5.74) is 1.41. The molecule has 1 aromatic rings. The van der Waals surface area contributed by atoms with Gasteiger partial charge in [-0.2, -0.15) is 0 Å². The summed E-state index contributed by atoms with van der Waals surface area (Å²) in [5.74, 6) is 1.67. The van der Waals surface area contributed by atoms with Gasteiger partial charge >= 0.3 is 0 Å². The van der Waals surface area contributed by atoms with Crippen molar-refractivity contribution < 1.29 is 4.74 Å². The zero-order valence-corrected chi connectivity index (χ0v) is 10.2.